The van der Waals surface area contributed by atoms with Gasteiger partial charge in [-0.05, 0) is 24.5 Å². The molecule has 1 rings (SSSR count). The number of nitrogen functional groups attached to an aromatic ring is 1. The first-order valence-electron chi connectivity index (χ1n) is 5.22. The van der Waals surface area contributed by atoms with Crippen molar-refractivity contribution in [3.8, 4) is 0 Å². The number of aromatic nitrogens is 1. The maximum Gasteiger partial charge on any atom is 0.256 e. The SMILES string of the molecule is CSCCCN(C)C(=O)c1ccnc(N)c1F. The maximum absolute atomic E-state index is 13.6. The van der Waals surface area contributed by atoms with Crippen molar-refractivity contribution in [2.45, 2.75) is 6.42 Å². The fourth-order valence-corrected chi connectivity index (χ4v) is 1.80. The molecular weight excluding hydrogens is 241 g/mol. The molecule has 0 spiro atoms. The van der Waals surface area contributed by atoms with Crippen molar-refractivity contribution in [3.63, 3.8) is 0 Å². The zero-order chi connectivity index (χ0) is 12.8. The van der Waals surface area contributed by atoms with Crippen molar-refractivity contribution in [1.82, 2.24) is 9.88 Å². The summed E-state index contributed by atoms with van der Waals surface area (Å²) in [5.41, 5.74) is 5.30. The van der Waals surface area contributed by atoms with Gasteiger partial charge in [0.2, 0.25) is 0 Å². The molecule has 0 radical (unpaired) electrons. The highest BCUT2D eigenvalue weighted by atomic mass is 32.2. The molecule has 0 saturated carbocycles. The molecule has 0 aliphatic rings. The fourth-order valence-electron chi connectivity index (χ4n) is 1.38. The van der Waals surface area contributed by atoms with Gasteiger partial charge in [-0.1, -0.05) is 0 Å². The van der Waals surface area contributed by atoms with E-state index in [2.05, 4.69) is 4.98 Å². The fraction of sp³-hybridized carbons (Fsp3) is 0.455. The lowest BCUT2D eigenvalue weighted by Crippen LogP contribution is -2.29. The number of anilines is 1. The Morgan fingerprint density at radius 3 is 3.00 bits per heavy atom. The van der Waals surface area contributed by atoms with Crippen molar-refractivity contribution in [2.75, 3.05) is 31.3 Å². The van der Waals surface area contributed by atoms with Gasteiger partial charge in [-0.3, -0.25) is 4.79 Å². The molecule has 94 valence electrons. The van der Waals surface area contributed by atoms with Gasteiger partial charge in [0.05, 0.1) is 5.56 Å². The second kappa shape index (κ2) is 6.44. The first-order chi connectivity index (χ1) is 8.07. The molecule has 0 atom stereocenters. The van der Waals surface area contributed by atoms with Crippen molar-refractivity contribution < 1.29 is 9.18 Å². The Morgan fingerprint density at radius 2 is 2.35 bits per heavy atom. The van der Waals surface area contributed by atoms with Crippen LogP contribution >= 0.6 is 11.8 Å². The van der Waals surface area contributed by atoms with E-state index in [0.717, 1.165) is 12.2 Å². The summed E-state index contributed by atoms with van der Waals surface area (Å²) in [5, 5.41) is 0. The second-order valence-corrected chi connectivity index (χ2v) is 4.62. The van der Waals surface area contributed by atoms with Crippen LogP contribution in [-0.2, 0) is 0 Å². The first kappa shape index (κ1) is 13.8. The van der Waals surface area contributed by atoms with Crippen molar-refractivity contribution in [2.24, 2.45) is 0 Å². The maximum atomic E-state index is 13.6. The first-order valence-corrected chi connectivity index (χ1v) is 6.61. The Hall–Kier alpha value is -1.30. The van der Waals surface area contributed by atoms with Gasteiger partial charge >= 0.3 is 0 Å². The van der Waals surface area contributed by atoms with Gasteiger partial charge < -0.3 is 10.6 Å². The van der Waals surface area contributed by atoms with E-state index in [1.54, 1.807) is 18.8 Å². The van der Waals surface area contributed by atoms with Crippen LogP contribution in [0.15, 0.2) is 12.3 Å². The van der Waals surface area contributed by atoms with E-state index in [1.165, 1.54) is 17.2 Å². The summed E-state index contributed by atoms with van der Waals surface area (Å²) in [4.78, 5) is 17.0. The third kappa shape index (κ3) is 3.59. The molecule has 0 aliphatic heterocycles. The third-order valence-electron chi connectivity index (χ3n) is 2.34. The van der Waals surface area contributed by atoms with Crippen LogP contribution in [0.5, 0.6) is 0 Å². The van der Waals surface area contributed by atoms with Crippen LogP contribution in [0.1, 0.15) is 16.8 Å². The topological polar surface area (TPSA) is 59.2 Å². The Labute approximate surface area is 104 Å². The predicted octanol–water partition coefficient (Wildman–Crippen LogP) is 1.63. The number of nitrogens with two attached hydrogens (primary N) is 1. The summed E-state index contributed by atoms with van der Waals surface area (Å²) in [5.74, 6) is -0.376. The molecule has 1 amide bonds. The molecule has 4 nitrogen and oxygen atoms in total. The molecule has 0 bridgehead atoms. The smallest absolute Gasteiger partial charge is 0.256 e. The van der Waals surface area contributed by atoms with Gasteiger partial charge in [0.15, 0.2) is 11.6 Å². The lowest BCUT2D eigenvalue weighted by Gasteiger charge is -2.17. The zero-order valence-corrected chi connectivity index (χ0v) is 10.8. The van der Waals surface area contributed by atoms with Crippen molar-refractivity contribution in [3.05, 3.63) is 23.6 Å². The number of pyridine rings is 1. The van der Waals surface area contributed by atoms with Gasteiger partial charge in [0.25, 0.3) is 5.91 Å². The van der Waals surface area contributed by atoms with E-state index >= 15 is 0 Å². The highest BCUT2D eigenvalue weighted by molar-refractivity contribution is 7.98. The standard InChI is InChI=1S/C11H16FN3OS/c1-15(6-3-7-17-2)11(16)8-4-5-14-10(13)9(8)12/h4-5H,3,6-7H2,1-2H3,(H2,13,14). The quantitative estimate of drug-likeness (QED) is 0.814. The van der Waals surface area contributed by atoms with Gasteiger partial charge in [0.1, 0.15) is 0 Å². The van der Waals surface area contributed by atoms with E-state index in [1.807, 2.05) is 6.26 Å². The third-order valence-corrected chi connectivity index (χ3v) is 3.03. The summed E-state index contributed by atoms with van der Waals surface area (Å²) in [6.07, 6.45) is 4.22. The van der Waals surface area contributed by atoms with Crippen molar-refractivity contribution in [1.29, 1.82) is 0 Å². The van der Waals surface area contributed by atoms with E-state index in [4.69, 9.17) is 5.73 Å². The number of thioether (sulfide) groups is 1. The molecule has 1 heterocycles. The summed E-state index contributed by atoms with van der Waals surface area (Å²) >= 11 is 1.71. The monoisotopic (exact) mass is 257 g/mol. The number of halogens is 1. The number of hydrogen-bond acceptors (Lipinski definition) is 4. The Balaban J connectivity index is 2.71. The molecule has 17 heavy (non-hydrogen) atoms. The minimum Gasteiger partial charge on any atom is -0.381 e. The summed E-state index contributed by atoms with van der Waals surface area (Å²) in [6, 6.07) is 1.35. The largest absolute Gasteiger partial charge is 0.381 e. The van der Waals surface area contributed by atoms with Crippen LogP contribution in [-0.4, -0.2) is 41.4 Å². The minimum atomic E-state index is -0.741. The van der Waals surface area contributed by atoms with E-state index in [-0.39, 0.29) is 17.3 Å². The molecule has 2 N–H and O–H groups in total. The van der Waals surface area contributed by atoms with Gasteiger partial charge in [-0.15, -0.1) is 0 Å². The lowest BCUT2D eigenvalue weighted by atomic mass is 10.2. The molecule has 1 aromatic heterocycles. The van der Waals surface area contributed by atoms with Gasteiger partial charge in [-0.25, -0.2) is 9.37 Å². The minimum absolute atomic E-state index is 0.0239. The highest BCUT2D eigenvalue weighted by Crippen LogP contribution is 2.13. The summed E-state index contributed by atoms with van der Waals surface area (Å²) in [7, 11) is 1.65. The number of carbonyl (C=O) groups is 1. The number of carbonyl (C=O) groups excluding carboxylic acids is 1. The molecule has 1 aromatic rings. The number of rotatable bonds is 5. The highest BCUT2D eigenvalue weighted by Gasteiger charge is 2.17. The van der Waals surface area contributed by atoms with Gasteiger partial charge in [-0.2, -0.15) is 11.8 Å². The Bertz CT molecular complexity index is 400. The molecule has 6 heteroatoms. The zero-order valence-electron chi connectivity index (χ0n) is 9.94. The normalized spacial score (nSPS) is 10.3. The molecule has 0 saturated heterocycles. The van der Waals surface area contributed by atoms with Gasteiger partial charge in [0, 0.05) is 19.8 Å². The number of nitrogens with zero attached hydrogens (tertiary/aromatic N) is 2. The van der Waals surface area contributed by atoms with Crippen molar-refractivity contribution >= 4 is 23.5 Å². The number of hydrogen-bond donors (Lipinski definition) is 1. The van der Waals surface area contributed by atoms with Crippen LogP contribution in [0.25, 0.3) is 0 Å². The average molecular weight is 257 g/mol. The average Bonchev–Trinajstić information content (AvgIpc) is 2.32. The Morgan fingerprint density at radius 1 is 1.65 bits per heavy atom. The van der Waals surface area contributed by atoms with E-state index in [0.29, 0.717) is 6.54 Å². The van der Waals surface area contributed by atoms with Crippen LogP contribution in [0.3, 0.4) is 0 Å². The molecule has 0 aromatic carbocycles. The van der Waals surface area contributed by atoms with E-state index in [9.17, 15) is 9.18 Å². The predicted molar refractivity (Wildman–Crippen MR) is 68.6 cm³/mol. The van der Waals surface area contributed by atoms with Crippen LogP contribution in [0.2, 0.25) is 0 Å². The number of amides is 1. The molecule has 0 aliphatic carbocycles. The van der Waals surface area contributed by atoms with Crippen LogP contribution in [0, 0.1) is 5.82 Å². The van der Waals surface area contributed by atoms with Crippen LogP contribution < -0.4 is 5.73 Å². The summed E-state index contributed by atoms with van der Waals surface area (Å²) < 4.78 is 13.6. The Kier molecular flexibility index (Phi) is 5.21. The summed E-state index contributed by atoms with van der Waals surface area (Å²) in [6.45, 7) is 0.599. The second-order valence-electron chi connectivity index (χ2n) is 3.63. The molecular formula is C11H16FN3OS. The van der Waals surface area contributed by atoms with Crippen LogP contribution in [0.4, 0.5) is 10.2 Å². The van der Waals surface area contributed by atoms with E-state index < -0.39 is 5.82 Å². The molecule has 0 fully saturated rings. The molecule has 0 unspecified atom stereocenters. The lowest BCUT2D eigenvalue weighted by molar-refractivity contribution is 0.0791.